The summed E-state index contributed by atoms with van der Waals surface area (Å²) in [5.74, 6) is -1.43. The molecule has 1 aromatic carbocycles. The molecule has 0 aliphatic rings. The number of benzene rings is 1. The molecule has 0 saturated carbocycles. The smallest absolute Gasteiger partial charge is 0.185 e. The monoisotopic (exact) mass is 217 g/mol. The largest absolute Gasteiger partial charge is 0.503 e. The van der Waals surface area contributed by atoms with E-state index in [0.29, 0.717) is 5.56 Å². The van der Waals surface area contributed by atoms with Crippen LogP contribution in [-0.2, 0) is 5.41 Å². The molecule has 1 aromatic rings. The van der Waals surface area contributed by atoms with Gasteiger partial charge in [-0.2, -0.15) is 0 Å². The van der Waals surface area contributed by atoms with Gasteiger partial charge in [0.05, 0.1) is 10.7 Å². The van der Waals surface area contributed by atoms with Crippen LogP contribution in [0.15, 0.2) is 6.07 Å². The first kappa shape index (κ1) is 11.1. The molecule has 0 fully saturated rings. The first-order valence-corrected chi connectivity index (χ1v) is 4.60. The first-order chi connectivity index (χ1) is 6.25. The predicted molar refractivity (Wildman–Crippen MR) is 56.2 cm³/mol. The van der Waals surface area contributed by atoms with E-state index in [-0.39, 0.29) is 16.1 Å². The van der Waals surface area contributed by atoms with E-state index < -0.39 is 11.6 Å². The van der Waals surface area contributed by atoms with Gasteiger partial charge in [0.15, 0.2) is 11.6 Å². The number of phenols is 1. The van der Waals surface area contributed by atoms with Crippen molar-refractivity contribution in [2.75, 3.05) is 5.73 Å². The van der Waals surface area contributed by atoms with Crippen molar-refractivity contribution in [2.45, 2.75) is 26.2 Å². The SMILES string of the molecule is CC(C)(C)c1cc(N)c(O)c(F)c1Cl. The lowest BCUT2D eigenvalue weighted by atomic mass is 9.86. The van der Waals surface area contributed by atoms with Gasteiger partial charge in [-0.1, -0.05) is 32.4 Å². The van der Waals surface area contributed by atoms with Crippen LogP contribution in [0.25, 0.3) is 0 Å². The van der Waals surface area contributed by atoms with Crippen LogP contribution in [0, 0.1) is 5.82 Å². The molecule has 3 N–H and O–H groups in total. The van der Waals surface area contributed by atoms with Crippen molar-refractivity contribution >= 4 is 17.3 Å². The van der Waals surface area contributed by atoms with Gasteiger partial charge in [0.25, 0.3) is 0 Å². The second-order valence-electron chi connectivity index (χ2n) is 4.24. The molecule has 0 aromatic heterocycles. The summed E-state index contributed by atoms with van der Waals surface area (Å²) >= 11 is 5.76. The molecule has 0 aliphatic heterocycles. The lowest BCUT2D eigenvalue weighted by Crippen LogP contribution is -2.13. The standard InChI is InChI=1S/C10H13ClFNO/c1-10(2,3)5-4-6(13)9(14)8(12)7(5)11/h4,14H,13H2,1-3H3. The van der Waals surface area contributed by atoms with Crippen molar-refractivity contribution < 1.29 is 9.50 Å². The second-order valence-corrected chi connectivity index (χ2v) is 4.62. The third kappa shape index (κ3) is 1.77. The minimum Gasteiger partial charge on any atom is -0.503 e. The fraction of sp³-hybridized carbons (Fsp3) is 0.400. The van der Waals surface area contributed by atoms with Crippen LogP contribution in [0.5, 0.6) is 5.75 Å². The van der Waals surface area contributed by atoms with Gasteiger partial charge in [-0.25, -0.2) is 4.39 Å². The lowest BCUT2D eigenvalue weighted by molar-refractivity contribution is 0.433. The van der Waals surface area contributed by atoms with Crippen molar-refractivity contribution in [1.82, 2.24) is 0 Å². The highest BCUT2D eigenvalue weighted by molar-refractivity contribution is 6.32. The molecule has 14 heavy (non-hydrogen) atoms. The van der Waals surface area contributed by atoms with E-state index in [4.69, 9.17) is 17.3 Å². The predicted octanol–water partition coefficient (Wildman–Crippen LogP) is 3.06. The molecule has 0 heterocycles. The van der Waals surface area contributed by atoms with E-state index in [1.165, 1.54) is 6.07 Å². The summed E-state index contributed by atoms with van der Waals surface area (Å²) in [6, 6.07) is 1.50. The van der Waals surface area contributed by atoms with Crippen molar-refractivity contribution in [3.63, 3.8) is 0 Å². The Hall–Kier alpha value is -0.960. The number of halogens is 2. The molecule has 2 nitrogen and oxygen atoms in total. The maximum Gasteiger partial charge on any atom is 0.185 e. The van der Waals surface area contributed by atoms with E-state index in [1.54, 1.807) is 0 Å². The zero-order chi connectivity index (χ0) is 11.1. The summed E-state index contributed by atoms with van der Waals surface area (Å²) < 4.78 is 13.3. The molecule has 0 amide bonds. The number of anilines is 1. The molecule has 0 bridgehead atoms. The van der Waals surface area contributed by atoms with Crippen molar-refractivity contribution in [3.8, 4) is 5.75 Å². The van der Waals surface area contributed by atoms with Gasteiger partial charge in [0.2, 0.25) is 0 Å². The summed E-state index contributed by atoms with van der Waals surface area (Å²) in [5.41, 5.74) is 5.73. The molecule has 78 valence electrons. The quantitative estimate of drug-likeness (QED) is 0.518. The van der Waals surface area contributed by atoms with Gasteiger partial charge in [0.1, 0.15) is 0 Å². The van der Waals surface area contributed by atoms with Crippen LogP contribution in [0.2, 0.25) is 5.02 Å². The molecule has 0 aliphatic carbocycles. The Kier molecular flexibility index (Phi) is 2.63. The molecule has 0 spiro atoms. The van der Waals surface area contributed by atoms with Crippen LogP contribution in [0.1, 0.15) is 26.3 Å². The molecule has 4 heteroatoms. The van der Waals surface area contributed by atoms with E-state index >= 15 is 0 Å². The summed E-state index contributed by atoms with van der Waals surface area (Å²) in [5, 5.41) is 9.13. The second kappa shape index (κ2) is 3.31. The summed E-state index contributed by atoms with van der Waals surface area (Å²) in [4.78, 5) is 0. The average molecular weight is 218 g/mol. The van der Waals surface area contributed by atoms with Crippen LogP contribution in [0.3, 0.4) is 0 Å². The fourth-order valence-corrected chi connectivity index (χ4v) is 1.61. The third-order valence-corrected chi connectivity index (χ3v) is 2.39. The zero-order valence-corrected chi connectivity index (χ0v) is 9.11. The maximum absolute atomic E-state index is 13.3. The Labute approximate surface area is 87.5 Å². The summed E-state index contributed by atoms with van der Waals surface area (Å²) in [6.07, 6.45) is 0. The van der Waals surface area contributed by atoms with Gasteiger partial charge < -0.3 is 10.8 Å². The fourth-order valence-electron chi connectivity index (χ4n) is 1.18. The van der Waals surface area contributed by atoms with Crippen molar-refractivity contribution in [2.24, 2.45) is 0 Å². The van der Waals surface area contributed by atoms with E-state index in [0.717, 1.165) is 0 Å². The van der Waals surface area contributed by atoms with Crippen LogP contribution in [-0.4, -0.2) is 5.11 Å². The maximum atomic E-state index is 13.3. The minimum absolute atomic E-state index is 0.0109. The van der Waals surface area contributed by atoms with Gasteiger partial charge >= 0.3 is 0 Å². The normalized spacial score (nSPS) is 11.8. The van der Waals surface area contributed by atoms with E-state index in [1.807, 2.05) is 20.8 Å². The Balaban J connectivity index is 3.49. The number of hydrogen-bond acceptors (Lipinski definition) is 2. The lowest BCUT2D eigenvalue weighted by Gasteiger charge is -2.21. The molecule has 0 unspecified atom stereocenters. The molecular formula is C10H13ClFNO. The number of rotatable bonds is 0. The number of nitrogens with two attached hydrogens (primary N) is 1. The van der Waals surface area contributed by atoms with E-state index in [9.17, 15) is 9.50 Å². The molecule has 1 rings (SSSR count). The van der Waals surface area contributed by atoms with Crippen LogP contribution in [0.4, 0.5) is 10.1 Å². The molecule has 0 radical (unpaired) electrons. The van der Waals surface area contributed by atoms with Crippen molar-refractivity contribution in [3.05, 3.63) is 22.5 Å². The number of nitrogen functional groups attached to an aromatic ring is 1. The van der Waals surface area contributed by atoms with Crippen LogP contribution < -0.4 is 5.73 Å². The Morgan fingerprint density at radius 3 is 2.36 bits per heavy atom. The topological polar surface area (TPSA) is 46.2 Å². The van der Waals surface area contributed by atoms with Gasteiger partial charge in [-0.15, -0.1) is 0 Å². The number of aromatic hydroxyl groups is 1. The van der Waals surface area contributed by atoms with E-state index in [2.05, 4.69) is 0 Å². The molecule has 0 atom stereocenters. The summed E-state index contributed by atoms with van der Waals surface area (Å²) in [7, 11) is 0. The molecular weight excluding hydrogens is 205 g/mol. The minimum atomic E-state index is -0.850. The summed E-state index contributed by atoms with van der Waals surface area (Å²) in [6.45, 7) is 5.68. The highest BCUT2D eigenvalue weighted by atomic mass is 35.5. The van der Waals surface area contributed by atoms with Gasteiger partial charge in [0, 0.05) is 0 Å². The Morgan fingerprint density at radius 1 is 1.43 bits per heavy atom. The zero-order valence-electron chi connectivity index (χ0n) is 8.36. The Morgan fingerprint density at radius 2 is 1.93 bits per heavy atom. The number of phenolic OH excluding ortho intramolecular Hbond substituents is 1. The highest BCUT2D eigenvalue weighted by Gasteiger charge is 2.23. The van der Waals surface area contributed by atoms with Crippen LogP contribution >= 0.6 is 11.6 Å². The third-order valence-electron chi connectivity index (χ3n) is 2.02. The van der Waals surface area contributed by atoms with Gasteiger partial charge in [-0.05, 0) is 17.0 Å². The Bertz CT molecular complexity index is 371. The first-order valence-electron chi connectivity index (χ1n) is 4.22. The average Bonchev–Trinajstić information content (AvgIpc) is 2.06. The van der Waals surface area contributed by atoms with Gasteiger partial charge in [-0.3, -0.25) is 0 Å². The number of hydrogen-bond donors (Lipinski definition) is 2. The molecule has 0 saturated heterocycles. The highest BCUT2D eigenvalue weighted by Crippen LogP contribution is 2.38. The van der Waals surface area contributed by atoms with Crippen molar-refractivity contribution in [1.29, 1.82) is 0 Å².